The average Bonchev–Trinajstić information content (AvgIpc) is 4.04. The topological polar surface area (TPSA) is 21.7 Å². The fraction of sp³-hybridized carbons (Fsp3) is 0.0645. The van der Waals surface area contributed by atoms with Gasteiger partial charge in [0.1, 0.15) is 0 Å². The minimum atomic E-state index is -0.470. The zero-order valence-corrected chi connectivity index (χ0v) is 35.4. The molecule has 1 aliphatic heterocycles. The zero-order chi connectivity index (χ0) is 42.4. The number of fused-ring (bicyclic) bond motifs is 22. The molecule has 0 amide bonds. The van der Waals surface area contributed by atoms with Crippen LogP contribution < -0.4 is 14.4 Å². The molecule has 6 aliphatic rings. The standard InChI is InChI=1S/C62H39NO2/c1-2-17-38(18-3-1)63(39-33-34-46-44-23-8-14-29-52(44)61(54(46)35-39)48-25-10-4-19-40(48)41-20-5-11-26-49(41)61)56-31-16-32-57-60(56)65-59-37-55-47(36-58(59)64-57)45-24-9-15-30-53(45)62(55)50-27-12-6-21-42(50)43-22-7-13-28-51(43)62/h1-6,8-12,14-37H,7,13H2. The van der Waals surface area contributed by atoms with Gasteiger partial charge in [0.15, 0.2) is 23.0 Å². The Bertz CT molecular complexity index is 3570. The Kier molecular flexibility index (Phi) is 6.93. The molecule has 0 N–H and O–H groups in total. The first kappa shape index (κ1) is 35.3. The lowest BCUT2D eigenvalue weighted by atomic mass is 9.69. The van der Waals surface area contributed by atoms with Gasteiger partial charge in [-0.25, -0.2) is 0 Å². The molecule has 2 spiro atoms. The van der Waals surface area contributed by atoms with Gasteiger partial charge in [-0.05, 0) is 150 Å². The number of hydrogen-bond donors (Lipinski definition) is 0. The predicted molar refractivity (Wildman–Crippen MR) is 261 cm³/mol. The van der Waals surface area contributed by atoms with E-state index in [4.69, 9.17) is 9.47 Å². The molecule has 0 saturated carbocycles. The molecule has 1 heterocycles. The first-order valence-electron chi connectivity index (χ1n) is 22.8. The van der Waals surface area contributed by atoms with Gasteiger partial charge in [-0.15, -0.1) is 0 Å². The third-order valence-corrected chi connectivity index (χ3v) is 15.2. The van der Waals surface area contributed by atoms with Crippen LogP contribution in [-0.4, -0.2) is 0 Å². The molecule has 3 nitrogen and oxygen atoms in total. The van der Waals surface area contributed by atoms with Gasteiger partial charge in [0, 0.05) is 11.4 Å². The summed E-state index contributed by atoms with van der Waals surface area (Å²) in [5.41, 5.74) is 22.8. The van der Waals surface area contributed by atoms with Crippen LogP contribution in [0.3, 0.4) is 0 Å². The van der Waals surface area contributed by atoms with Gasteiger partial charge < -0.3 is 14.4 Å². The van der Waals surface area contributed by atoms with Crippen LogP contribution in [-0.2, 0) is 10.8 Å². The number of allylic oxidation sites excluding steroid dienone is 4. The molecular weight excluding hydrogens is 791 g/mol. The van der Waals surface area contributed by atoms with E-state index in [1.165, 1.54) is 89.0 Å². The largest absolute Gasteiger partial charge is 0.449 e. The number of ether oxygens (including phenoxy) is 2. The number of benzene rings is 9. The van der Waals surface area contributed by atoms with E-state index >= 15 is 0 Å². The van der Waals surface area contributed by atoms with E-state index in [9.17, 15) is 0 Å². The third kappa shape index (κ3) is 4.36. The third-order valence-electron chi connectivity index (χ3n) is 15.2. The molecule has 0 saturated heterocycles. The van der Waals surface area contributed by atoms with Crippen molar-refractivity contribution < 1.29 is 9.47 Å². The summed E-state index contributed by atoms with van der Waals surface area (Å²) in [5, 5.41) is 0. The Morgan fingerprint density at radius 3 is 1.54 bits per heavy atom. The maximum atomic E-state index is 7.31. The highest BCUT2D eigenvalue weighted by Crippen LogP contribution is 2.67. The minimum Gasteiger partial charge on any atom is -0.449 e. The van der Waals surface area contributed by atoms with Crippen LogP contribution in [0.15, 0.2) is 218 Å². The number of anilines is 3. The highest BCUT2D eigenvalue weighted by molar-refractivity contribution is 6.01. The zero-order valence-electron chi connectivity index (χ0n) is 35.4. The quantitative estimate of drug-likeness (QED) is 0.177. The summed E-state index contributed by atoms with van der Waals surface area (Å²) in [6.07, 6.45) is 7.02. The van der Waals surface area contributed by atoms with Crippen molar-refractivity contribution in [2.75, 3.05) is 4.90 Å². The molecule has 1 atom stereocenters. The van der Waals surface area contributed by atoms with Crippen LogP contribution in [0.2, 0.25) is 0 Å². The van der Waals surface area contributed by atoms with Crippen LogP contribution in [0.5, 0.6) is 23.0 Å². The number of hydrogen-bond acceptors (Lipinski definition) is 3. The SMILES string of the molecule is C1=C2C(=CCC1)C1(c3ccccc32)c2ccccc2-c2cc3c(cc21)Oc1c(cccc1N(c1ccccc1)c1ccc2c(c1)C1(c4ccccc4-c4ccccc41)c1ccccc1-2)O3. The molecule has 0 fully saturated rings. The van der Waals surface area contributed by atoms with E-state index in [2.05, 4.69) is 211 Å². The summed E-state index contributed by atoms with van der Waals surface area (Å²) < 4.78 is 14.3. The monoisotopic (exact) mass is 829 g/mol. The predicted octanol–water partition coefficient (Wildman–Crippen LogP) is 15.8. The van der Waals surface area contributed by atoms with Crippen LogP contribution >= 0.6 is 0 Å². The second-order valence-corrected chi connectivity index (χ2v) is 18.1. The van der Waals surface area contributed by atoms with Crippen LogP contribution in [0.25, 0.3) is 39.0 Å². The van der Waals surface area contributed by atoms with Gasteiger partial charge in [0.05, 0.1) is 16.5 Å². The molecule has 15 rings (SSSR count). The molecule has 304 valence electrons. The van der Waals surface area contributed by atoms with E-state index in [1.807, 2.05) is 6.07 Å². The van der Waals surface area contributed by atoms with Crippen molar-refractivity contribution >= 4 is 22.6 Å². The fourth-order valence-electron chi connectivity index (χ4n) is 12.8. The summed E-state index contributed by atoms with van der Waals surface area (Å²) in [6.45, 7) is 0. The van der Waals surface area contributed by atoms with Gasteiger partial charge in [-0.2, -0.15) is 0 Å². The number of para-hydroxylation sites is 2. The Morgan fingerprint density at radius 1 is 0.338 bits per heavy atom. The molecule has 9 aromatic carbocycles. The minimum absolute atomic E-state index is 0.446. The second kappa shape index (κ2) is 12.7. The molecule has 3 heteroatoms. The summed E-state index contributed by atoms with van der Waals surface area (Å²) in [7, 11) is 0. The van der Waals surface area contributed by atoms with Crippen molar-refractivity contribution in [2.24, 2.45) is 0 Å². The summed E-state index contributed by atoms with van der Waals surface area (Å²) in [6, 6.07) is 73.5. The first-order valence-corrected chi connectivity index (χ1v) is 22.8. The van der Waals surface area contributed by atoms with E-state index < -0.39 is 10.8 Å². The van der Waals surface area contributed by atoms with Crippen LogP contribution in [0, 0.1) is 0 Å². The molecular formula is C62H39NO2. The summed E-state index contributed by atoms with van der Waals surface area (Å²) in [5.74, 6) is 2.82. The van der Waals surface area contributed by atoms with Gasteiger partial charge in [-0.3, -0.25) is 0 Å². The van der Waals surface area contributed by atoms with Gasteiger partial charge >= 0.3 is 0 Å². The maximum absolute atomic E-state index is 7.31. The molecule has 5 aliphatic carbocycles. The van der Waals surface area contributed by atoms with Crippen molar-refractivity contribution in [1.29, 1.82) is 0 Å². The lowest BCUT2D eigenvalue weighted by molar-refractivity contribution is 0.360. The van der Waals surface area contributed by atoms with Crippen molar-refractivity contribution in [3.05, 3.63) is 262 Å². The Balaban J connectivity index is 0.925. The normalized spacial score (nSPS) is 17.4. The summed E-state index contributed by atoms with van der Waals surface area (Å²) >= 11 is 0. The molecule has 65 heavy (non-hydrogen) atoms. The average molecular weight is 830 g/mol. The van der Waals surface area contributed by atoms with Gasteiger partial charge in [0.2, 0.25) is 0 Å². The Hall–Kier alpha value is -8.14. The van der Waals surface area contributed by atoms with Crippen LogP contribution in [0.1, 0.15) is 57.3 Å². The maximum Gasteiger partial charge on any atom is 0.194 e. The molecule has 0 aromatic heterocycles. The second-order valence-electron chi connectivity index (χ2n) is 18.1. The highest BCUT2D eigenvalue weighted by Gasteiger charge is 2.55. The van der Waals surface area contributed by atoms with Crippen molar-refractivity contribution in [1.82, 2.24) is 0 Å². The number of rotatable bonds is 3. The van der Waals surface area contributed by atoms with Crippen molar-refractivity contribution in [3.63, 3.8) is 0 Å². The highest BCUT2D eigenvalue weighted by atomic mass is 16.6. The van der Waals surface area contributed by atoms with E-state index in [-0.39, 0.29) is 0 Å². The lowest BCUT2D eigenvalue weighted by Gasteiger charge is -2.34. The Labute approximate surface area is 377 Å². The van der Waals surface area contributed by atoms with Gasteiger partial charge in [-0.1, -0.05) is 164 Å². The fourth-order valence-corrected chi connectivity index (χ4v) is 12.8. The van der Waals surface area contributed by atoms with E-state index in [0.29, 0.717) is 11.5 Å². The van der Waals surface area contributed by atoms with E-state index in [1.54, 1.807) is 0 Å². The molecule has 1 unspecified atom stereocenters. The molecule has 0 radical (unpaired) electrons. The van der Waals surface area contributed by atoms with Crippen LogP contribution in [0.4, 0.5) is 17.1 Å². The van der Waals surface area contributed by atoms with Gasteiger partial charge in [0.25, 0.3) is 0 Å². The Morgan fingerprint density at radius 2 is 0.862 bits per heavy atom. The van der Waals surface area contributed by atoms with E-state index in [0.717, 1.165) is 41.4 Å². The molecule has 9 aromatic rings. The lowest BCUT2D eigenvalue weighted by Crippen LogP contribution is -2.26. The van der Waals surface area contributed by atoms with Crippen molar-refractivity contribution in [3.8, 4) is 56.4 Å². The van der Waals surface area contributed by atoms with Crippen molar-refractivity contribution in [2.45, 2.75) is 23.7 Å². The smallest absolute Gasteiger partial charge is 0.194 e. The number of nitrogens with zero attached hydrogens (tertiary/aromatic N) is 1. The summed E-state index contributed by atoms with van der Waals surface area (Å²) in [4.78, 5) is 2.35. The molecule has 0 bridgehead atoms. The first-order chi connectivity index (χ1) is 32.2.